The van der Waals surface area contributed by atoms with Crippen molar-refractivity contribution in [2.24, 2.45) is 0 Å². The third kappa shape index (κ3) is 2.50. The monoisotopic (exact) mass is 238 g/mol. The van der Waals surface area contributed by atoms with Crippen molar-refractivity contribution in [3.05, 3.63) is 23.8 Å². The Balaban J connectivity index is 2.23. The fourth-order valence-corrected chi connectivity index (χ4v) is 1.79. The zero-order valence-corrected chi connectivity index (χ0v) is 9.83. The smallest absolute Gasteiger partial charge is 0.163 e. The van der Waals surface area contributed by atoms with Gasteiger partial charge in [0.2, 0.25) is 0 Å². The summed E-state index contributed by atoms with van der Waals surface area (Å²) in [6.07, 6.45) is 1.32. The van der Waals surface area contributed by atoms with Crippen molar-refractivity contribution in [1.29, 1.82) is 0 Å². The summed E-state index contributed by atoms with van der Waals surface area (Å²) in [5.41, 5.74) is 0.665. The largest absolute Gasteiger partial charge is 0.490 e. The predicted molar refractivity (Wildman–Crippen MR) is 64.8 cm³/mol. The van der Waals surface area contributed by atoms with Crippen LogP contribution in [-0.4, -0.2) is 24.7 Å². The molecule has 2 rings (SSSR count). The molecule has 0 saturated heterocycles. The van der Waals surface area contributed by atoms with E-state index in [-0.39, 0.29) is 5.78 Å². The van der Waals surface area contributed by atoms with Gasteiger partial charge >= 0.3 is 0 Å². The number of hydrogen-bond donors (Lipinski definition) is 1. The van der Waals surface area contributed by atoms with Crippen LogP contribution in [0.4, 0.5) is 0 Å². The zero-order chi connectivity index (χ0) is 11.4. The Bertz CT molecular complexity index is 390. The quantitative estimate of drug-likeness (QED) is 0.648. The van der Waals surface area contributed by atoms with Crippen molar-refractivity contribution in [2.75, 3.05) is 19.0 Å². The maximum atomic E-state index is 11.7. The van der Waals surface area contributed by atoms with Crippen LogP contribution in [0.3, 0.4) is 0 Å². The van der Waals surface area contributed by atoms with E-state index in [1.165, 1.54) is 0 Å². The fourth-order valence-electron chi connectivity index (χ4n) is 1.58. The van der Waals surface area contributed by atoms with Gasteiger partial charge in [-0.15, -0.1) is 0 Å². The molecule has 0 amide bonds. The zero-order valence-electron chi connectivity index (χ0n) is 8.94. The molecule has 16 heavy (non-hydrogen) atoms. The van der Waals surface area contributed by atoms with Crippen LogP contribution in [-0.2, 0) is 0 Å². The Labute approximate surface area is 100 Å². The molecule has 1 aliphatic heterocycles. The molecule has 0 radical (unpaired) electrons. The molecule has 1 aromatic rings. The van der Waals surface area contributed by atoms with Crippen molar-refractivity contribution in [2.45, 2.75) is 12.8 Å². The molecule has 4 heteroatoms. The molecule has 1 aromatic carbocycles. The van der Waals surface area contributed by atoms with Gasteiger partial charge in [0.25, 0.3) is 0 Å². The van der Waals surface area contributed by atoms with E-state index in [0.717, 1.165) is 12.2 Å². The van der Waals surface area contributed by atoms with Crippen LogP contribution in [0.5, 0.6) is 11.5 Å². The standard InChI is InChI=1S/C12H14O3S/c13-10(4-7-16)9-2-3-11-12(8-9)15-6-1-5-14-11/h2-3,8,16H,1,4-7H2. The van der Waals surface area contributed by atoms with Gasteiger partial charge in [-0.25, -0.2) is 0 Å². The van der Waals surface area contributed by atoms with Gasteiger partial charge < -0.3 is 9.47 Å². The molecule has 0 unspecified atom stereocenters. The summed E-state index contributed by atoms with van der Waals surface area (Å²) in [5, 5.41) is 0. The molecule has 0 bridgehead atoms. The summed E-state index contributed by atoms with van der Waals surface area (Å²) in [6.45, 7) is 1.30. The van der Waals surface area contributed by atoms with Crippen molar-refractivity contribution in [3.8, 4) is 11.5 Å². The van der Waals surface area contributed by atoms with E-state index >= 15 is 0 Å². The second-order valence-electron chi connectivity index (χ2n) is 3.61. The number of carbonyl (C=O) groups excluding carboxylic acids is 1. The highest BCUT2D eigenvalue weighted by molar-refractivity contribution is 7.80. The highest BCUT2D eigenvalue weighted by Gasteiger charge is 2.13. The summed E-state index contributed by atoms with van der Waals surface area (Å²) in [6, 6.07) is 5.33. The molecule has 0 N–H and O–H groups in total. The van der Waals surface area contributed by atoms with E-state index in [9.17, 15) is 4.79 Å². The van der Waals surface area contributed by atoms with Crippen LogP contribution in [0, 0.1) is 0 Å². The second-order valence-corrected chi connectivity index (χ2v) is 4.06. The number of ether oxygens (including phenoxy) is 2. The molecule has 0 saturated carbocycles. The minimum atomic E-state index is 0.0886. The SMILES string of the molecule is O=C(CCS)c1ccc2c(c1)OCCCO2. The second kappa shape index (κ2) is 5.25. The van der Waals surface area contributed by atoms with Gasteiger partial charge in [-0.2, -0.15) is 12.6 Å². The number of Topliss-reactive ketones (excluding diaryl/α,β-unsaturated/α-hetero) is 1. The Morgan fingerprint density at radius 1 is 1.25 bits per heavy atom. The number of fused-ring (bicyclic) bond motifs is 1. The lowest BCUT2D eigenvalue weighted by Gasteiger charge is -2.08. The lowest BCUT2D eigenvalue weighted by atomic mass is 10.1. The van der Waals surface area contributed by atoms with E-state index in [1.807, 2.05) is 0 Å². The molecule has 86 valence electrons. The Morgan fingerprint density at radius 3 is 2.75 bits per heavy atom. The summed E-state index contributed by atoms with van der Waals surface area (Å²) in [4.78, 5) is 11.7. The van der Waals surface area contributed by atoms with E-state index in [1.54, 1.807) is 18.2 Å². The van der Waals surface area contributed by atoms with Crippen molar-refractivity contribution in [1.82, 2.24) is 0 Å². The van der Waals surface area contributed by atoms with Crippen LogP contribution in [0.25, 0.3) is 0 Å². The van der Waals surface area contributed by atoms with Crippen LogP contribution in [0.2, 0.25) is 0 Å². The number of benzene rings is 1. The average Bonchev–Trinajstić information content (AvgIpc) is 2.53. The summed E-state index contributed by atoms with van der Waals surface area (Å²) >= 11 is 4.05. The average molecular weight is 238 g/mol. The molecule has 0 aromatic heterocycles. The van der Waals surface area contributed by atoms with E-state index in [0.29, 0.717) is 36.7 Å². The molecule has 0 fully saturated rings. The van der Waals surface area contributed by atoms with E-state index in [2.05, 4.69) is 12.6 Å². The minimum Gasteiger partial charge on any atom is -0.490 e. The molecule has 0 aliphatic carbocycles. The van der Waals surface area contributed by atoms with Gasteiger partial charge in [0, 0.05) is 18.4 Å². The van der Waals surface area contributed by atoms with Gasteiger partial charge in [-0.3, -0.25) is 4.79 Å². The number of rotatable bonds is 3. The van der Waals surface area contributed by atoms with Crippen LogP contribution in [0.1, 0.15) is 23.2 Å². The van der Waals surface area contributed by atoms with Crippen molar-refractivity contribution < 1.29 is 14.3 Å². The molecule has 0 spiro atoms. The number of thiol groups is 1. The minimum absolute atomic E-state index is 0.0886. The first-order chi connectivity index (χ1) is 7.81. The molecule has 1 aliphatic rings. The normalized spacial score (nSPS) is 14.3. The van der Waals surface area contributed by atoms with Crippen molar-refractivity contribution in [3.63, 3.8) is 0 Å². The highest BCUT2D eigenvalue weighted by Crippen LogP contribution is 2.30. The molecule has 0 atom stereocenters. The van der Waals surface area contributed by atoms with Crippen LogP contribution < -0.4 is 9.47 Å². The Morgan fingerprint density at radius 2 is 2.00 bits per heavy atom. The number of carbonyl (C=O) groups is 1. The maximum Gasteiger partial charge on any atom is 0.163 e. The third-order valence-corrected chi connectivity index (χ3v) is 2.63. The number of ketones is 1. The molecular weight excluding hydrogens is 224 g/mol. The van der Waals surface area contributed by atoms with Gasteiger partial charge in [-0.05, 0) is 24.0 Å². The topological polar surface area (TPSA) is 35.5 Å². The van der Waals surface area contributed by atoms with Crippen LogP contribution in [0.15, 0.2) is 18.2 Å². The van der Waals surface area contributed by atoms with Crippen molar-refractivity contribution >= 4 is 18.4 Å². The highest BCUT2D eigenvalue weighted by atomic mass is 32.1. The summed E-state index contributed by atoms with van der Waals surface area (Å²) in [7, 11) is 0. The first-order valence-corrected chi connectivity index (χ1v) is 5.98. The fraction of sp³-hybridized carbons (Fsp3) is 0.417. The predicted octanol–water partition coefficient (Wildman–Crippen LogP) is 2.35. The molecule has 1 heterocycles. The maximum absolute atomic E-state index is 11.7. The number of hydrogen-bond acceptors (Lipinski definition) is 4. The van der Waals surface area contributed by atoms with E-state index < -0.39 is 0 Å². The van der Waals surface area contributed by atoms with Crippen LogP contribution >= 0.6 is 12.6 Å². The van der Waals surface area contributed by atoms with Gasteiger partial charge in [0.1, 0.15) is 0 Å². The summed E-state index contributed by atoms with van der Waals surface area (Å²) < 4.78 is 11.0. The van der Waals surface area contributed by atoms with Gasteiger partial charge in [0.05, 0.1) is 13.2 Å². The Hall–Kier alpha value is -1.16. The lowest BCUT2D eigenvalue weighted by Crippen LogP contribution is -2.01. The van der Waals surface area contributed by atoms with E-state index in [4.69, 9.17) is 9.47 Å². The lowest BCUT2D eigenvalue weighted by molar-refractivity contribution is 0.0989. The first kappa shape index (κ1) is 11.3. The third-order valence-electron chi connectivity index (χ3n) is 2.41. The Kier molecular flexibility index (Phi) is 3.72. The van der Waals surface area contributed by atoms with Gasteiger partial charge in [0.15, 0.2) is 17.3 Å². The first-order valence-electron chi connectivity index (χ1n) is 5.35. The molecule has 3 nitrogen and oxygen atoms in total. The molecular formula is C12H14O3S. The van der Waals surface area contributed by atoms with Gasteiger partial charge in [-0.1, -0.05) is 0 Å². The summed E-state index contributed by atoms with van der Waals surface area (Å²) in [5.74, 6) is 2.04.